The normalized spacial score (nSPS) is 13.1. The Bertz CT molecular complexity index is 253. The van der Waals surface area contributed by atoms with Crippen molar-refractivity contribution in [2.45, 2.75) is 46.5 Å². The van der Waals surface area contributed by atoms with Crippen LogP contribution in [-0.4, -0.2) is 4.98 Å². The number of hydrogen-bond donors (Lipinski definition) is 0. The minimum atomic E-state index is 0.809. The topological polar surface area (TPSA) is 12.9 Å². The van der Waals surface area contributed by atoms with E-state index in [1.54, 1.807) is 0 Å². The Morgan fingerprint density at radius 1 is 1.20 bits per heavy atom. The van der Waals surface area contributed by atoms with Crippen molar-refractivity contribution in [1.82, 2.24) is 4.98 Å². The summed E-state index contributed by atoms with van der Waals surface area (Å²) in [5, 5.41) is 0. The van der Waals surface area contributed by atoms with Crippen LogP contribution in [-0.2, 0) is 6.42 Å². The monoisotopic (exact) mass is 205 g/mol. The summed E-state index contributed by atoms with van der Waals surface area (Å²) < 4.78 is 0. The Balaban J connectivity index is 2.50. The quantitative estimate of drug-likeness (QED) is 0.681. The number of aromatic nitrogens is 1. The molecule has 0 radical (unpaired) electrons. The molecular weight excluding hydrogens is 182 g/mol. The highest BCUT2D eigenvalue weighted by Crippen LogP contribution is 2.21. The molecule has 1 unspecified atom stereocenters. The molecule has 1 atom stereocenters. The highest BCUT2D eigenvalue weighted by Gasteiger charge is 2.10. The van der Waals surface area contributed by atoms with E-state index in [9.17, 15) is 0 Å². The average molecular weight is 205 g/mol. The molecule has 0 amide bonds. The summed E-state index contributed by atoms with van der Waals surface area (Å²) in [7, 11) is 0. The maximum Gasteiger partial charge on any atom is 0.0270 e. The van der Waals surface area contributed by atoms with Crippen molar-refractivity contribution in [2.75, 3.05) is 0 Å². The second-order valence-corrected chi connectivity index (χ2v) is 4.84. The molecule has 0 aromatic carbocycles. The molecule has 0 aliphatic rings. The minimum absolute atomic E-state index is 0.809. The van der Waals surface area contributed by atoms with Crippen molar-refractivity contribution >= 4 is 0 Å². The van der Waals surface area contributed by atoms with Gasteiger partial charge in [0.25, 0.3) is 0 Å². The van der Waals surface area contributed by atoms with Crippen LogP contribution in [0.2, 0.25) is 0 Å². The average Bonchev–Trinajstić information content (AvgIpc) is 2.18. The third-order valence-electron chi connectivity index (χ3n) is 2.78. The molecule has 1 nitrogen and oxygen atoms in total. The van der Waals surface area contributed by atoms with Gasteiger partial charge in [-0.15, -0.1) is 0 Å². The van der Waals surface area contributed by atoms with E-state index in [0.717, 1.165) is 11.8 Å². The van der Waals surface area contributed by atoms with Gasteiger partial charge in [0.1, 0.15) is 0 Å². The van der Waals surface area contributed by atoms with Crippen LogP contribution < -0.4 is 0 Å². The fourth-order valence-corrected chi connectivity index (χ4v) is 2.23. The van der Waals surface area contributed by atoms with Gasteiger partial charge in [0.2, 0.25) is 0 Å². The molecule has 0 N–H and O–H groups in total. The largest absolute Gasteiger partial charge is 0.265 e. The number of pyridine rings is 1. The molecule has 84 valence electrons. The predicted molar refractivity (Wildman–Crippen MR) is 65.8 cm³/mol. The molecule has 0 saturated heterocycles. The summed E-state index contributed by atoms with van der Waals surface area (Å²) in [5.74, 6) is 1.65. The second-order valence-electron chi connectivity index (χ2n) is 4.84. The lowest BCUT2D eigenvalue weighted by Gasteiger charge is -2.18. The van der Waals surface area contributed by atoms with E-state index < -0.39 is 0 Å². The van der Waals surface area contributed by atoms with Crippen molar-refractivity contribution < 1.29 is 0 Å². The van der Waals surface area contributed by atoms with E-state index in [0.29, 0.717) is 0 Å². The predicted octanol–water partition coefficient (Wildman–Crippen LogP) is 4.09. The van der Waals surface area contributed by atoms with Gasteiger partial charge in [0.15, 0.2) is 0 Å². The van der Waals surface area contributed by atoms with Gasteiger partial charge in [-0.05, 0) is 42.4 Å². The molecule has 0 aliphatic carbocycles. The molecular formula is C14H23N. The molecule has 15 heavy (non-hydrogen) atoms. The van der Waals surface area contributed by atoms with Crippen LogP contribution in [0.15, 0.2) is 24.5 Å². The van der Waals surface area contributed by atoms with E-state index in [1.165, 1.54) is 31.2 Å². The Morgan fingerprint density at radius 2 is 1.87 bits per heavy atom. The zero-order valence-corrected chi connectivity index (χ0v) is 10.2. The maximum atomic E-state index is 4.06. The first kappa shape index (κ1) is 12.2. The third-order valence-corrected chi connectivity index (χ3v) is 2.78. The summed E-state index contributed by atoms with van der Waals surface area (Å²) in [6.45, 7) is 6.91. The van der Waals surface area contributed by atoms with E-state index in [1.807, 2.05) is 12.4 Å². The zero-order valence-electron chi connectivity index (χ0n) is 10.2. The molecule has 0 fully saturated rings. The Hall–Kier alpha value is -0.850. The summed E-state index contributed by atoms with van der Waals surface area (Å²) in [6.07, 6.45) is 9.00. The van der Waals surface area contributed by atoms with E-state index in [-0.39, 0.29) is 0 Å². The number of rotatable bonds is 6. The van der Waals surface area contributed by atoms with Gasteiger partial charge in [-0.25, -0.2) is 0 Å². The highest BCUT2D eigenvalue weighted by molar-refractivity contribution is 5.10. The van der Waals surface area contributed by atoms with Crippen LogP contribution in [0.25, 0.3) is 0 Å². The molecule has 1 heteroatoms. The van der Waals surface area contributed by atoms with E-state index >= 15 is 0 Å². The Morgan fingerprint density at radius 3 is 2.40 bits per heavy atom. The van der Waals surface area contributed by atoms with Crippen LogP contribution >= 0.6 is 0 Å². The second kappa shape index (κ2) is 6.60. The highest BCUT2D eigenvalue weighted by atomic mass is 14.6. The van der Waals surface area contributed by atoms with Crippen LogP contribution in [0.1, 0.15) is 45.6 Å². The Labute approximate surface area is 93.9 Å². The minimum Gasteiger partial charge on any atom is -0.265 e. The SMILES string of the molecule is CCCC(Cc1ccncc1)CC(C)C. The first-order valence-corrected chi connectivity index (χ1v) is 6.11. The van der Waals surface area contributed by atoms with E-state index in [4.69, 9.17) is 0 Å². The van der Waals surface area contributed by atoms with Gasteiger partial charge < -0.3 is 0 Å². The standard InChI is InChI=1S/C14H23N/c1-4-5-14(10-12(2)3)11-13-6-8-15-9-7-13/h6-9,12,14H,4-5,10-11H2,1-3H3. The van der Waals surface area contributed by atoms with Gasteiger partial charge in [-0.3, -0.25) is 4.98 Å². The van der Waals surface area contributed by atoms with Crippen molar-refractivity contribution in [3.05, 3.63) is 30.1 Å². The van der Waals surface area contributed by atoms with Gasteiger partial charge in [0, 0.05) is 12.4 Å². The first-order chi connectivity index (χ1) is 7.22. The molecule has 1 heterocycles. The van der Waals surface area contributed by atoms with Crippen LogP contribution in [0, 0.1) is 11.8 Å². The van der Waals surface area contributed by atoms with E-state index in [2.05, 4.69) is 37.9 Å². The van der Waals surface area contributed by atoms with Crippen LogP contribution in [0.4, 0.5) is 0 Å². The first-order valence-electron chi connectivity index (χ1n) is 6.11. The lowest BCUT2D eigenvalue weighted by molar-refractivity contribution is 0.381. The zero-order chi connectivity index (χ0) is 11.1. The molecule has 0 aliphatic heterocycles. The van der Waals surface area contributed by atoms with Crippen molar-refractivity contribution in [2.24, 2.45) is 11.8 Å². The number of nitrogens with zero attached hydrogens (tertiary/aromatic N) is 1. The summed E-state index contributed by atoms with van der Waals surface area (Å²) in [5.41, 5.74) is 1.43. The smallest absolute Gasteiger partial charge is 0.0270 e. The van der Waals surface area contributed by atoms with Crippen LogP contribution in [0.5, 0.6) is 0 Å². The third kappa shape index (κ3) is 4.96. The van der Waals surface area contributed by atoms with Crippen molar-refractivity contribution in [3.63, 3.8) is 0 Å². The summed E-state index contributed by atoms with van der Waals surface area (Å²) >= 11 is 0. The molecule has 1 aromatic heterocycles. The van der Waals surface area contributed by atoms with Gasteiger partial charge in [-0.1, -0.05) is 33.6 Å². The van der Waals surface area contributed by atoms with Gasteiger partial charge in [-0.2, -0.15) is 0 Å². The molecule has 0 saturated carbocycles. The Kier molecular flexibility index (Phi) is 5.38. The molecule has 1 rings (SSSR count). The molecule has 0 spiro atoms. The van der Waals surface area contributed by atoms with Gasteiger partial charge >= 0.3 is 0 Å². The lowest BCUT2D eigenvalue weighted by atomic mass is 9.88. The fourth-order valence-electron chi connectivity index (χ4n) is 2.23. The summed E-state index contributed by atoms with van der Waals surface area (Å²) in [4.78, 5) is 4.06. The van der Waals surface area contributed by atoms with Crippen LogP contribution in [0.3, 0.4) is 0 Å². The molecule has 1 aromatic rings. The number of hydrogen-bond acceptors (Lipinski definition) is 1. The lowest BCUT2D eigenvalue weighted by Crippen LogP contribution is -2.08. The maximum absolute atomic E-state index is 4.06. The van der Waals surface area contributed by atoms with Crippen molar-refractivity contribution in [1.29, 1.82) is 0 Å². The van der Waals surface area contributed by atoms with Crippen molar-refractivity contribution in [3.8, 4) is 0 Å². The van der Waals surface area contributed by atoms with Gasteiger partial charge in [0.05, 0.1) is 0 Å². The fraction of sp³-hybridized carbons (Fsp3) is 0.643. The molecule has 0 bridgehead atoms. The summed E-state index contributed by atoms with van der Waals surface area (Å²) in [6, 6.07) is 4.28.